The molecule has 0 aromatic rings. The molecule has 2 nitrogen and oxygen atoms in total. The van der Waals surface area contributed by atoms with E-state index >= 15 is 0 Å². The summed E-state index contributed by atoms with van der Waals surface area (Å²) in [6.07, 6.45) is 0. The zero-order valence-electron chi connectivity index (χ0n) is 7.48. The predicted octanol–water partition coefficient (Wildman–Crippen LogP) is 2.36. The normalized spacial score (nSPS) is 14.3. The minimum absolute atomic E-state index is 0.0531. The monoisotopic (exact) mass is 222 g/mol. The van der Waals surface area contributed by atoms with Gasteiger partial charge in [0.05, 0.1) is 6.61 Å². The van der Waals surface area contributed by atoms with Crippen molar-refractivity contribution >= 4 is 21.9 Å². The molecule has 0 N–H and O–H groups in total. The van der Waals surface area contributed by atoms with E-state index < -0.39 is 0 Å². The molecule has 0 aliphatic rings. The molecular weight excluding hydrogens is 208 g/mol. The number of halogens is 1. The van der Waals surface area contributed by atoms with Gasteiger partial charge in [-0.05, 0) is 12.3 Å². The third-order valence-corrected chi connectivity index (χ3v) is 1.35. The van der Waals surface area contributed by atoms with E-state index in [2.05, 4.69) is 15.9 Å². The quantitative estimate of drug-likeness (QED) is 0.530. The number of carbonyl (C=O) groups excluding carboxylic acids is 1. The molecular formula is C8H15BrO2. The van der Waals surface area contributed by atoms with Crippen molar-refractivity contribution in [3.05, 3.63) is 0 Å². The summed E-state index contributed by atoms with van der Waals surface area (Å²) >= 11 is 3.13. The molecule has 66 valence electrons. The Hall–Kier alpha value is -0.0500. The highest BCUT2D eigenvalue weighted by atomic mass is 79.9. The van der Waals surface area contributed by atoms with E-state index in [1.165, 1.54) is 0 Å². The van der Waals surface area contributed by atoms with Gasteiger partial charge in [0.25, 0.3) is 0 Å². The van der Waals surface area contributed by atoms with Crippen LogP contribution in [0, 0.1) is 5.41 Å². The molecule has 0 bridgehead atoms. The standard InChI is InChI=1S/C8H15BrO2/c1-6(9)7(10)11-5-8(2,3)4/h6H,5H2,1-4H3/t6-/m1/s1. The van der Waals surface area contributed by atoms with Crippen LogP contribution < -0.4 is 0 Å². The average Bonchev–Trinajstić information content (AvgIpc) is 1.80. The molecule has 0 amide bonds. The van der Waals surface area contributed by atoms with Crippen LogP contribution in [0.1, 0.15) is 27.7 Å². The second-order valence-corrected chi connectivity index (χ2v) is 5.16. The van der Waals surface area contributed by atoms with Crippen molar-refractivity contribution in [3.63, 3.8) is 0 Å². The van der Waals surface area contributed by atoms with Crippen LogP contribution in [-0.4, -0.2) is 17.4 Å². The number of hydrogen-bond donors (Lipinski definition) is 0. The maximum Gasteiger partial charge on any atom is 0.319 e. The van der Waals surface area contributed by atoms with Crippen molar-refractivity contribution < 1.29 is 9.53 Å². The number of hydrogen-bond acceptors (Lipinski definition) is 2. The first-order valence-electron chi connectivity index (χ1n) is 3.63. The molecule has 11 heavy (non-hydrogen) atoms. The Morgan fingerprint density at radius 2 is 2.00 bits per heavy atom. The molecule has 0 heterocycles. The van der Waals surface area contributed by atoms with Gasteiger partial charge >= 0.3 is 5.97 Å². The SMILES string of the molecule is C[C@@H](Br)C(=O)OCC(C)(C)C. The first-order valence-corrected chi connectivity index (χ1v) is 4.55. The Balaban J connectivity index is 3.64. The van der Waals surface area contributed by atoms with Crippen molar-refractivity contribution in [2.24, 2.45) is 5.41 Å². The van der Waals surface area contributed by atoms with Gasteiger partial charge in [0.15, 0.2) is 0 Å². The van der Waals surface area contributed by atoms with Crippen molar-refractivity contribution in [3.8, 4) is 0 Å². The first kappa shape index (κ1) is 11.0. The summed E-state index contributed by atoms with van der Waals surface area (Å²) in [5, 5.41) is 0. The molecule has 0 aromatic carbocycles. The third-order valence-electron chi connectivity index (χ3n) is 0.972. The smallest absolute Gasteiger partial charge is 0.319 e. The summed E-state index contributed by atoms with van der Waals surface area (Å²) in [5.74, 6) is -0.195. The zero-order valence-corrected chi connectivity index (χ0v) is 9.06. The summed E-state index contributed by atoms with van der Waals surface area (Å²) in [5.41, 5.74) is 0.0531. The van der Waals surface area contributed by atoms with Gasteiger partial charge in [0.2, 0.25) is 0 Å². The van der Waals surface area contributed by atoms with E-state index in [0.717, 1.165) is 0 Å². The largest absolute Gasteiger partial charge is 0.464 e. The van der Waals surface area contributed by atoms with Gasteiger partial charge < -0.3 is 4.74 Å². The van der Waals surface area contributed by atoms with Crippen molar-refractivity contribution in [1.82, 2.24) is 0 Å². The Morgan fingerprint density at radius 1 is 1.55 bits per heavy atom. The van der Waals surface area contributed by atoms with Crippen molar-refractivity contribution in [1.29, 1.82) is 0 Å². The number of ether oxygens (including phenoxy) is 1. The summed E-state index contributed by atoms with van der Waals surface area (Å²) in [7, 11) is 0. The van der Waals surface area contributed by atoms with Gasteiger partial charge in [0.1, 0.15) is 4.83 Å². The highest BCUT2D eigenvalue weighted by molar-refractivity contribution is 9.10. The summed E-state index contributed by atoms with van der Waals surface area (Å²) in [6.45, 7) is 8.31. The van der Waals surface area contributed by atoms with Gasteiger partial charge in [0, 0.05) is 0 Å². The Bertz CT molecular complexity index is 136. The molecule has 0 aromatic heterocycles. The number of carbonyl (C=O) groups is 1. The average molecular weight is 223 g/mol. The molecule has 0 spiro atoms. The van der Waals surface area contributed by atoms with E-state index in [4.69, 9.17) is 4.74 Å². The molecule has 0 unspecified atom stereocenters. The van der Waals surface area contributed by atoms with Crippen LogP contribution in [0.5, 0.6) is 0 Å². The zero-order chi connectivity index (χ0) is 9.07. The molecule has 1 atom stereocenters. The lowest BCUT2D eigenvalue weighted by Crippen LogP contribution is -2.22. The van der Waals surface area contributed by atoms with E-state index in [0.29, 0.717) is 6.61 Å². The van der Waals surface area contributed by atoms with E-state index in [1.807, 2.05) is 20.8 Å². The fourth-order valence-corrected chi connectivity index (χ4v) is 0.535. The topological polar surface area (TPSA) is 26.3 Å². The van der Waals surface area contributed by atoms with Crippen LogP contribution in [0.15, 0.2) is 0 Å². The summed E-state index contributed by atoms with van der Waals surface area (Å²) in [6, 6.07) is 0. The van der Waals surface area contributed by atoms with Crippen LogP contribution >= 0.6 is 15.9 Å². The molecule has 0 rings (SSSR count). The maximum atomic E-state index is 10.9. The molecule has 0 fully saturated rings. The lowest BCUT2D eigenvalue weighted by atomic mass is 9.99. The van der Waals surface area contributed by atoms with Gasteiger partial charge in [-0.1, -0.05) is 36.7 Å². The summed E-state index contributed by atoms with van der Waals surface area (Å²) in [4.78, 5) is 10.7. The van der Waals surface area contributed by atoms with Crippen molar-refractivity contribution in [2.75, 3.05) is 6.61 Å². The molecule has 0 radical (unpaired) electrons. The van der Waals surface area contributed by atoms with Crippen molar-refractivity contribution in [2.45, 2.75) is 32.5 Å². The Morgan fingerprint density at radius 3 is 2.27 bits per heavy atom. The van der Waals surface area contributed by atoms with E-state index in [9.17, 15) is 4.79 Å². The molecule has 0 aliphatic carbocycles. The Kier molecular flexibility index (Phi) is 4.08. The molecule has 3 heteroatoms. The van der Waals surface area contributed by atoms with Crippen LogP contribution in [0.2, 0.25) is 0 Å². The summed E-state index contributed by atoms with van der Waals surface area (Å²) < 4.78 is 4.98. The third kappa shape index (κ3) is 6.35. The molecule has 0 saturated heterocycles. The molecule has 0 saturated carbocycles. The fourth-order valence-electron chi connectivity index (χ4n) is 0.402. The highest BCUT2D eigenvalue weighted by Crippen LogP contribution is 2.14. The van der Waals surface area contributed by atoms with Crippen LogP contribution in [0.25, 0.3) is 0 Å². The lowest BCUT2D eigenvalue weighted by Gasteiger charge is -2.18. The number of rotatable bonds is 2. The second kappa shape index (κ2) is 4.10. The predicted molar refractivity (Wildman–Crippen MR) is 48.8 cm³/mol. The lowest BCUT2D eigenvalue weighted by molar-refractivity contribution is -0.145. The minimum atomic E-state index is -0.204. The van der Waals surface area contributed by atoms with Gasteiger partial charge in [-0.3, -0.25) is 4.79 Å². The minimum Gasteiger partial charge on any atom is -0.464 e. The number of esters is 1. The van der Waals surface area contributed by atoms with E-state index in [1.54, 1.807) is 6.92 Å². The van der Waals surface area contributed by atoms with Gasteiger partial charge in [-0.15, -0.1) is 0 Å². The Labute approximate surface area is 76.4 Å². The first-order chi connectivity index (χ1) is 4.83. The highest BCUT2D eigenvalue weighted by Gasteiger charge is 2.16. The van der Waals surface area contributed by atoms with Crippen LogP contribution in [-0.2, 0) is 9.53 Å². The van der Waals surface area contributed by atoms with Crippen LogP contribution in [0.3, 0.4) is 0 Å². The second-order valence-electron chi connectivity index (χ2n) is 3.78. The van der Waals surface area contributed by atoms with Gasteiger partial charge in [-0.25, -0.2) is 0 Å². The van der Waals surface area contributed by atoms with Crippen LogP contribution in [0.4, 0.5) is 0 Å². The van der Waals surface area contributed by atoms with Gasteiger partial charge in [-0.2, -0.15) is 0 Å². The molecule has 0 aliphatic heterocycles. The number of alkyl halides is 1. The maximum absolute atomic E-state index is 10.9. The fraction of sp³-hybridized carbons (Fsp3) is 0.875. The van der Waals surface area contributed by atoms with E-state index in [-0.39, 0.29) is 16.2 Å².